The van der Waals surface area contributed by atoms with Crippen molar-refractivity contribution in [3.63, 3.8) is 0 Å². The Morgan fingerprint density at radius 2 is 2.08 bits per heavy atom. The molecule has 0 fully saturated rings. The highest BCUT2D eigenvalue weighted by Crippen LogP contribution is 2.27. The Morgan fingerprint density at radius 1 is 1.33 bits per heavy atom. The van der Waals surface area contributed by atoms with Gasteiger partial charge in [-0.1, -0.05) is 5.04 Å². The van der Waals surface area contributed by atoms with Gasteiger partial charge in [0.25, 0.3) is 0 Å². The van der Waals surface area contributed by atoms with Crippen LogP contribution in [0.1, 0.15) is 0 Å². The van der Waals surface area contributed by atoms with Crippen molar-refractivity contribution < 1.29 is 14.6 Å². The third kappa shape index (κ3) is 2.28. The van der Waals surface area contributed by atoms with E-state index in [4.69, 9.17) is 16.7 Å². The van der Waals surface area contributed by atoms with Crippen molar-refractivity contribution in [2.75, 3.05) is 11.5 Å². The van der Waals surface area contributed by atoms with Crippen LogP contribution in [0.15, 0.2) is 23.1 Å². The predicted octanol–water partition coefficient (Wildman–Crippen LogP) is 1.28. The Bertz CT molecular complexity index is 269. The zero-order chi connectivity index (χ0) is 8.97. The summed E-state index contributed by atoms with van der Waals surface area (Å²) >= 11 is 0.803. The van der Waals surface area contributed by atoms with E-state index in [2.05, 4.69) is 9.37 Å². The van der Waals surface area contributed by atoms with Crippen molar-refractivity contribution >= 4 is 23.4 Å². The lowest BCUT2D eigenvalue weighted by atomic mass is 10.3. The van der Waals surface area contributed by atoms with Gasteiger partial charge in [0, 0.05) is 11.4 Å². The van der Waals surface area contributed by atoms with Crippen molar-refractivity contribution in [2.45, 2.75) is 4.90 Å². The Hall–Kier alpha value is -0.950. The minimum absolute atomic E-state index is 0.469. The van der Waals surface area contributed by atoms with Crippen LogP contribution in [0.3, 0.4) is 0 Å². The SMILES string of the molecule is Nc1ccc(SOOO)c(N)c1. The third-order valence-electron chi connectivity index (χ3n) is 1.19. The number of anilines is 2. The molecular formula is C6H8N2O3S. The normalized spacial score (nSPS) is 10.1. The smallest absolute Gasteiger partial charge is 0.0736 e. The average Bonchev–Trinajstić information content (AvgIpc) is 2.03. The number of hydrogen-bond acceptors (Lipinski definition) is 6. The van der Waals surface area contributed by atoms with Crippen LogP contribution in [0.2, 0.25) is 0 Å². The van der Waals surface area contributed by atoms with Gasteiger partial charge in [-0.15, -0.1) is 4.33 Å². The standard InChI is InChI=1S/C6H8N2O3S/c7-4-1-2-6(5(8)3-4)12-11-10-9/h1-3,9H,7-8H2. The second-order valence-electron chi connectivity index (χ2n) is 2.02. The fourth-order valence-electron chi connectivity index (χ4n) is 0.695. The second-order valence-corrected chi connectivity index (χ2v) is 2.77. The van der Waals surface area contributed by atoms with E-state index in [-0.39, 0.29) is 0 Å². The maximum atomic E-state index is 7.86. The number of hydrogen-bond donors (Lipinski definition) is 3. The van der Waals surface area contributed by atoms with E-state index in [1.807, 2.05) is 0 Å². The van der Waals surface area contributed by atoms with Crippen molar-refractivity contribution in [3.8, 4) is 0 Å². The average molecular weight is 188 g/mol. The van der Waals surface area contributed by atoms with Crippen LogP contribution in [0.25, 0.3) is 0 Å². The summed E-state index contributed by atoms with van der Waals surface area (Å²) in [6, 6.07) is 4.91. The molecule has 66 valence electrons. The highest BCUT2D eigenvalue weighted by molar-refractivity contribution is 7.94. The monoisotopic (exact) mass is 188 g/mol. The molecule has 0 spiro atoms. The maximum absolute atomic E-state index is 7.86. The highest BCUT2D eigenvalue weighted by Gasteiger charge is 2.00. The quantitative estimate of drug-likeness (QED) is 0.286. The molecule has 5 N–H and O–H groups in total. The second kappa shape index (κ2) is 4.17. The first-order valence-electron chi connectivity index (χ1n) is 3.04. The molecular weight excluding hydrogens is 180 g/mol. The number of nitrogens with two attached hydrogens (primary N) is 2. The molecule has 0 aliphatic heterocycles. The molecule has 0 bridgehead atoms. The van der Waals surface area contributed by atoms with Crippen molar-refractivity contribution in [3.05, 3.63) is 18.2 Å². The van der Waals surface area contributed by atoms with Crippen LogP contribution in [0.5, 0.6) is 0 Å². The van der Waals surface area contributed by atoms with Crippen molar-refractivity contribution in [2.24, 2.45) is 0 Å². The van der Waals surface area contributed by atoms with Crippen molar-refractivity contribution in [1.82, 2.24) is 0 Å². The van der Waals surface area contributed by atoms with Gasteiger partial charge in [-0.2, -0.15) is 0 Å². The molecule has 0 aromatic heterocycles. The number of rotatable bonds is 3. The molecule has 1 rings (SSSR count). The van der Waals surface area contributed by atoms with E-state index in [1.165, 1.54) is 0 Å². The molecule has 0 saturated heterocycles. The summed E-state index contributed by atoms with van der Waals surface area (Å²) in [5, 5.41) is 11.3. The zero-order valence-corrected chi connectivity index (χ0v) is 6.88. The van der Waals surface area contributed by atoms with Crippen LogP contribution in [0, 0.1) is 0 Å². The molecule has 0 unspecified atom stereocenters. The number of benzene rings is 1. The highest BCUT2D eigenvalue weighted by atomic mass is 32.2. The molecule has 1 aromatic rings. The molecule has 0 aliphatic carbocycles. The lowest BCUT2D eigenvalue weighted by Crippen LogP contribution is -1.92. The Labute approximate surface area is 73.3 Å². The first-order chi connectivity index (χ1) is 5.74. The summed E-state index contributed by atoms with van der Waals surface area (Å²) in [5.41, 5.74) is 12.0. The minimum atomic E-state index is 0.469. The van der Waals surface area contributed by atoms with E-state index < -0.39 is 0 Å². The lowest BCUT2D eigenvalue weighted by molar-refractivity contribution is -0.432. The van der Waals surface area contributed by atoms with Gasteiger partial charge < -0.3 is 11.5 Å². The molecule has 1 aromatic carbocycles. The molecule has 0 heterocycles. The van der Waals surface area contributed by atoms with Crippen molar-refractivity contribution in [1.29, 1.82) is 0 Å². The van der Waals surface area contributed by atoms with Crippen LogP contribution >= 0.6 is 12.0 Å². The largest absolute Gasteiger partial charge is 0.399 e. The van der Waals surface area contributed by atoms with Crippen LogP contribution in [-0.4, -0.2) is 5.26 Å². The fourth-order valence-corrected chi connectivity index (χ4v) is 1.08. The van der Waals surface area contributed by atoms with Gasteiger partial charge in [-0.25, -0.2) is 5.26 Å². The summed E-state index contributed by atoms with van der Waals surface area (Å²) in [4.78, 5) is 0.623. The molecule has 5 nitrogen and oxygen atoms in total. The fraction of sp³-hybridized carbons (Fsp3) is 0. The van der Waals surface area contributed by atoms with E-state index in [0.29, 0.717) is 16.3 Å². The summed E-state index contributed by atoms with van der Waals surface area (Å²) in [6.07, 6.45) is 0. The summed E-state index contributed by atoms with van der Waals surface area (Å²) in [7, 11) is 0. The minimum Gasteiger partial charge on any atom is -0.399 e. The molecule has 0 radical (unpaired) electrons. The van der Waals surface area contributed by atoms with Crippen LogP contribution in [0.4, 0.5) is 11.4 Å². The Morgan fingerprint density at radius 3 is 2.67 bits per heavy atom. The predicted molar refractivity (Wildman–Crippen MR) is 45.9 cm³/mol. The van der Waals surface area contributed by atoms with Gasteiger partial charge >= 0.3 is 0 Å². The zero-order valence-electron chi connectivity index (χ0n) is 6.06. The lowest BCUT2D eigenvalue weighted by Gasteiger charge is -2.02. The number of nitrogen functional groups attached to an aromatic ring is 2. The van der Waals surface area contributed by atoms with E-state index in [0.717, 1.165) is 12.0 Å². The molecule has 0 saturated carbocycles. The van der Waals surface area contributed by atoms with Gasteiger partial charge in [0.1, 0.15) is 0 Å². The topological polar surface area (TPSA) is 90.7 Å². The van der Waals surface area contributed by atoms with Crippen LogP contribution < -0.4 is 11.5 Å². The van der Waals surface area contributed by atoms with Gasteiger partial charge in [-0.05, 0) is 18.2 Å². The molecule has 0 amide bonds. The van der Waals surface area contributed by atoms with E-state index in [9.17, 15) is 0 Å². The summed E-state index contributed by atoms with van der Waals surface area (Å²) in [5.74, 6) is 0. The maximum Gasteiger partial charge on any atom is 0.0736 e. The van der Waals surface area contributed by atoms with Gasteiger partial charge in [0.05, 0.1) is 16.9 Å². The molecule has 0 aliphatic rings. The first kappa shape index (κ1) is 9.14. The first-order valence-corrected chi connectivity index (χ1v) is 3.78. The summed E-state index contributed by atoms with van der Waals surface area (Å²) in [6.45, 7) is 0. The van der Waals surface area contributed by atoms with Gasteiger partial charge in [0.2, 0.25) is 0 Å². The van der Waals surface area contributed by atoms with E-state index >= 15 is 0 Å². The van der Waals surface area contributed by atoms with E-state index in [1.54, 1.807) is 18.2 Å². The Balaban J connectivity index is 2.72. The molecule has 6 heteroatoms. The third-order valence-corrected chi connectivity index (χ3v) is 1.87. The van der Waals surface area contributed by atoms with Gasteiger partial charge in [0.15, 0.2) is 0 Å². The molecule has 0 atom stereocenters. The van der Waals surface area contributed by atoms with Crippen LogP contribution in [-0.2, 0) is 9.37 Å². The van der Waals surface area contributed by atoms with Gasteiger partial charge in [-0.3, -0.25) is 0 Å². The Kier molecular flexibility index (Phi) is 3.18. The molecule has 12 heavy (non-hydrogen) atoms. The summed E-state index contributed by atoms with van der Waals surface area (Å²) < 4.78 is 4.19.